The van der Waals surface area contributed by atoms with E-state index < -0.39 is 24.0 Å². The third-order valence-electron chi connectivity index (χ3n) is 7.64. The summed E-state index contributed by atoms with van der Waals surface area (Å²) < 4.78 is 35.8. The molecule has 7 heteroatoms. The molecule has 3 saturated heterocycles. The highest BCUT2D eigenvalue weighted by atomic mass is 16.9. The van der Waals surface area contributed by atoms with Gasteiger partial charge in [-0.05, 0) is 34.1 Å². The molecule has 0 N–H and O–H groups in total. The lowest BCUT2D eigenvalue weighted by Crippen LogP contribution is -2.56. The van der Waals surface area contributed by atoms with Crippen LogP contribution < -0.4 is 0 Å². The second-order valence-corrected chi connectivity index (χ2v) is 12.1. The van der Waals surface area contributed by atoms with E-state index in [2.05, 4.69) is 6.92 Å². The number of fused-ring (bicyclic) bond motifs is 3. The van der Waals surface area contributed by atoms with Crippen LogP contribution in [0.2, 0.25) is 0 Å². The lowest BCUT2D eigenvalue weighted by Gasteiger charge is -2.36. The zero-order valence-corrected chi connectivity index (χ0v) is 24.3. The molecule has 0 aromatic carbocycles. The topological polar surface area (TPSA) is 72.5 Å². The Morgan fingerprint density at radius 1 is 0.622 bits per heavy atom. The van der Waals surface area contributed by atoms with Crippen molar-refractivity contribution in [3.8, 4) is 0 Å². The highest BCUT2D eigenvalue weighted by molar-refractivity contribution is 5.69. The van der Waals surface area contributed by atoms with Crippen LogP contribution >= 0.6 is 0 Å². The molecule has 5 atom stereocenters. The summed E-state index contributed by atoms with van der Waals surface area (Å²) in [4.78, 5) is 12.4. The number of ether oxygens (including phenoxy) is 6. The maximum absolute atomic E-state index is 12.4. The minimum Gasteiger partial charge on any atom is -0.463 e. The van der Waals surface area contributed by atoms with Crippen molar-refractivity contribution in [3.63, 3.8) is 0 Å². The van der Waals surface area contributed by atoms with Gasteiger partial charge >= 0.3 is 5.97 Å². The number of hydrogen-bond acceptors (Lipinski definition) is 7. The molecule has 0 amide bonds. The Bertz CT molecular complexity index is 664. The van der Waals surface area contributed by atoms with Crippen molar-refractivity contribution in [2.45, 2.75) is 180 Å². The van der Waals surface area contributed by atoms with Gasteiger partial charge in [-0.1, -0.05) is 96.8 Å². The fraction of sp³-hybridized carbons (Fsp3) is 0.967. The number of hydrogen-bond donors (Lipinski definition) is 0. The molecule has 3 aliphatic heterocycles. The molecule has 37 heavy (non-hydrogen) atoms. The Kier molecular flexibility index (Phi) is 12.6. The molecule has 3 aliphatic rings. The standard InChI is InChI=1S/C30H54O7/c1-6-7-8-9-10-11-12-13-14-15-16-17-18-19-20-21-24(31)32-22-23-25-26(35-29(2,3)34-25)27-28(33-23)37-30(4,5)36-27/h23,25-28H,6-22H2,1-5H3/t23-,25-,26-,27+,28+/m0/s1. The molecule has 0 spiro atoms. The van der Waals surface area contributed by atoms with Crippen LogP contribution in [0, 0.1) is 0 Å². The average Bonchev–Trinajstić information content (AvgIpc) is 3.33. The molecule has 3 fully saturated rings. The Balaban J connectivity index is 1.20. The van der Waals surface area contributed by atoms with Gasteiger partial charge in [-0.25, -0.2) is 0 Å². The lowest BCUT2D eigenvalue weighted by atomic mass is 9.99. The molecule has 0 radical (unpaired) electrons. The number of rotatable bonds is 18. The Morgan fingerprint density at radius 3 is 1.65 bits per heavy atom. The predicted molar refractivity (Wildman–Crippen MR) is 143 cm³/mol. The molecule has 0 saturated carbocycles. The number of carbonyl (C=O) groups is 1. The van der Waals surface area contributed by atoms with Gasteiger partial charge in [0.25, 0.3) is 0 Å². The predicted octanol–water partition coefficient (Wildman–Crippen LogP) is 7.19. The largest absolute Gasteiger partial charge is 0.463 e. The van der Waals surface area contributed by atoms with Crippen LogP contribution in [0.5, 0.6) is 0 Å². The van der Waals surface area contributed by atoms with E-state index in [1.807, 2.05) is 27.7 Å². The monoisotopic (exact) mass is 526 g/mol. The van der Waals surface area contributed by atoms with Crippen LogP contribution in [-0.2, 0) is 33.2 Å². The SMILES string of the molecule is CCCCCCCCCCCCCCCCCC(=O)OC[C@@H]1O[C@@H]2OC(C)(C)O[C@@H]2[C@H]2OC(C)(C)O[C@H]21. The molecule has 0 aromatic rings. The number of unbranched alkanes of at least 4 members (excludes halogenated alkanes) is 14. The molecule has 7 nitrogen and oxygen atoms in total. The fourth-order valence-electron chi connectivity index (χ4n) is 5.72. The molecule has 216 valence electrons. The lowest BCUT2D eigenvalue weighted by molar-refractivity contribution is -0.242. The van der Waals surface area contributed by atoms with E-state index in [1.54, 1.807) is 0 Å². The summed E-state index contributed by atoms with van der Waals surface area (Å²) in [6.45, 7) is 9.87. The van der Waals surface area contributed by atoms with Crippen LogP contribution in [0.25, 0.3) is 0 Å². The van der Waals surface area contributed by atoms with Crippen LogP contribution in [-0.4, -0.2) is 54.9 Å². The molecule has 3 heterocycles. The highest BCUT2D eigenvalue weighted by Crippen LogP contribution is 2.44. The maximum Gasteiger partial charge on any atom is 0.305 e. The normalized spacial score (nSPS) is 29.7. The highest BCUT2D eigenvalue weighted by Gasteiger charge is 2.60. The zero-order chi connectivity index (χ0) is 26.7. The summed E-state index contributed by atoms with van der Waals surface area (Å²) in [6.07, 6.45) is 18.0. The average molecular weight is 527 g/mol. The quantitative estimate of drug-likeness (QED) is 0.138. The van der Waals surface area contributed by atoms with Crippen molar-refractivity contribution in [3.05, 3.63) is 0 Å². The van der Waals surface area contributed by atoms with Crippen molar-refractivity contribution >= 4 is 5.97 Å². The summed E-state index contributed by atoms with van der Waals surface area (Å²) in [5.74, 6) is -1.69. The van der Waals surface area contributed by atoms with Crippen molar-refractivity contribution in [2.75, 3.05) is 6.61 Å². The van der Waals surface area contributed by atoms with Gasteiger partial charge in [0.2, 0.25) is 0 Å². The minimum absolute atomic E-state index is 0.130. The Hall–Kier alpha value is -0.730. The first-order valence-electron chi connectivity index (χ1n) is 15.2. The first-order valence-corrected chi connectivity index (χ1v) is 15.2. The van der Waals surface area contributed by atoms with E-state index in [0.717, 1.165) is 12.8 Å². The van der Waals surface area contributed by atoms with Gasteiger partial charge in [-0.15, -0.1) is 0 Å². The van der Waals surface area contributed by atoms with Gasteiger partial charge in [0, 0.05) is 6.42 Å². The van der Waals surface area contributed by atoms with E-state index >= 15 is 0 Å². The second kappa shape index (κ2) is 15.2. The van der Waals surface area contributed by atoms with E-state index in [4.69, 9.17) is 28.4 Å². The summed E-state index contributed by atoms with van der Waals surface area (Å²) in [5.41, 5.74) is 0. The van der Waals surface area contributed by atoms with E-state index in [-0.39, 0.29) is 30.9 Å². The van der Waals surface area contributed by atoms with E-state index in [0.29, 0.717) is 6.42 Å². The van der Waals surface area contributed by atoms with Gasteiger partial charge in [-0.3, -0.25) is 4.79 Å². The maximum atomic E-state index is 12.4. The second-order valence-electron chi connectivity index (χ2n) is 12.1. The van der Waals surface area contributed by atoms with Crippen LogP contribution in [0.3, 0.4) is 0 Å². The first-order chi connectivity index (χ1) is 17.7. The molecule has 0 aromatic heterocycles. The number of carbonyl (C=O) groups excluding carboxylic acids is 1. The van der Waals surface area contributed by atoms with Crippen LogP contribution in [0.15, 0.2) is 0 Å². The third-order valence-corrected chi connectivity index (χ3v) is 7.64. The Labute approximate surface area is 225 Å². The molecular weight excluding hydrogens is 472 g/mol. The zero-order valence-electron chi connectivity index (χ0n) is 24.3. The summed E-state index contributed by atoms with van der Waals surface area (Å²) in [5, 5.41) is 0. The van der Waals surface area contributed by atoms with Crippen molar-refractivity contribution in [2.24, 2.45) is 0 Å². The molecule has 0 aliphatic carbocycles. The first kappa shape index (κ1) is 30.8. The van der Waals surface area contributed by atoms with Crippen LogP contribution in [0.4, 0.5) is 0 Å². The van der Waals surface area contributed by atoms with Crippen molar-refractivity contribution in [1.29, 1.82) is 0 Å². The molecule has 0 unspecified atom stereocenters. The number of esters is 1. The molecule has 3 rings (SSSR count). The van der Waals surface area contributed by atoms with Crippen LogP contribution in [0.1, 0.15) is 137 Å². The third kappa shape index (κ3) is 10.4. The Morgan fingerprint density at radius 2 is 1.08 bits per heavy atom. The van der Waals surface area contributed by atoms with Crippen molar-refractivity contribution < 1.29 is 33.2 Å². The fourth-order valence-corrected chi connectivity index (χ4v) is 5.72. The smallest absolute Gasteiger partial charge is 0.305 e. The molecular formula is C30H54O7. The van der Waals surface area contributed by atoms with Gasteiger partial charge in [0.1, 0.15) is 31.0 Å². The summed E-state index contributed by atoms with van der Waals surface area (Å²) in [7, 11) is 0. The summed E-state index contributed by atoms with van der Waals surface area (Å²) in [6, 6.07) is 0. The molecule has 0 bridgehead atoms. The minimum atomic E-state index is -0.755. The van der Waals surface area contributed by atoms with Gasteiger partial charge in [-0.2, -0.15) is 0 Å². The van der Waals surface area contributed by atoms with Gasteiger partial charge in [0.05, 0.1) is 0 Å². The van der Waals surface area contributed by atoms with Gasteiger partial charge in [0.15, 0.2) is 17.9 Å². The summed E-state index contributed by atoms with van der Waals surface area (Å²) >= 11 is 0. The van der Waals surface area contributed by atoms with Crippen molar-refractivity contribution in [1.82, 2.24) is 0 Å². The van der Waals surface area contributed by atoms with E-state index in [1.165, 1.54) is 83.5 Å². The van der Waals surface area contributed by atoms with E-state index in [9.17, 15) is 4.79 Å². The van der Waals surface area contributed by atoms with Gasteiger partial charge < -0.3 is 28.4 Å².